The van der Waals surface area contributed by atoms with Crippen LogP contribution < -0.4 is 9.47 Å². The van der Waals surface area contributed by atoms with Crippen molar-refractivity contribution in [2.24, 2.45) is 0 Å². The number of sulfone groups is 1. The van der Waals surface area contributed by atoms with Crippen molar-refractivity contribution in [3.63, 3.8) is 0 Å². The number of nitrogens with zero attached hydrogens (tertiary/aromatic N) is 1. The Morgan fingerprint density at radius 3 is 2.48 bits per heavy atom. The number of rotatable bonds is 4. The third kappa shape index (κ3) is 3.64. The van der Waals surface area contributed by atoms with Crippen molar-refractivity contribution in [3.8, 4) is 11.5 Å². The van der Waals surface area contributed by atoms with Crippen LogP contribution in [0.3, 0.4) is 0 Å². The van der Waals surface area contributed by atoms with E-state index in [1.54, 1.807) is 18.1 Å². The highest BCUT2D eigenvalue weighted by Gasteiger charge is 2.29. The van der Waals surface area contributed by atoms with E-state index in [0.717, 1.165) is 29.6 Å². The maximum absolute atomic E-state index is 13.1. The van der Waals surface area contributed by atoms with Crippen LogP contribution in [0.15, 0.2) is 41.3 Å². The largest absolute Gasteiger partial charge is 0.497 e. The van der Waals surface area contributed by atoms with Crippen LogP contribution in [0.1, 0.15) is 34.5 Å². The maximum Gasteiger partial charge on any atom is 0.254 e. The van der Waals surface area contributed by atoms with Crippen molar-refractivity contribution in [1.29, 1.82) is 0 Å². The number of fused-ring (bicyclic) bond motifs is 1. The molecule has 0 aliphatic carbocycles. The second kappa shape index (κ2) is 7.23. The smallest absolute Gasteiger partial charge is 0.254 e. The minimum absolute atomic E-state index is 0.0191. The normalized spacial score (nSPS) is 16.6. The van der Waals surface area contributed by atoms with Gasteiger partial charge in [0.1, 0.15) is 16.4 Å². The van der Waals surface area contributed by atoms with Crippen molar-refractivity contribution >= 4 is 15.7 Å². The van der Waals surface area contributed by atoms with Gasteiger partial charge in [-0.05, 0) is 54.8 Å². The van der Waals surface area contributed by atoms with Crippen LogP contribution in [0, 0.1) is 0 Å². The highest BCUT2D eigenvalue weighted by atomic mass is 32.2. The Hall–Kier alpha value is -2.54. The van der Waals surface area contributed by atoms with E-state index >= 15 is 0 Å². The summed E-state index contributed by atoms with van der Waals surface area (Å²) >= 11 is 0. The number of hydrogen-bond acceptors (Lipinski definition) is 5. The summed E-state index contributed by atoms with van der Waals surface area (Å²) < 4.78 is 34.5. The average molecular weight is 389 g/mol. The van der Waals surface area contributed by atoms with E-state index in [9.17, 15) is 13.2 Å². The van der Waals surface area contributed by atoms with Gasteiger partial charge in [-0.1, -0.05) is 6.07 Å². The number of carbonyl (C=O) groups excluding carboxylic acids is 1. The fourth-order valence-corrected chi connectivity index (χ4v) is 4.34. The molecule has 144 valence electrons. The average Bonchev–Trinajstić information content (AvgIpc) is 2.66. The Balaban J connectivity index is 1.94. The third-order valence-corrected chi connectivity index (χ3v) is 6.08. The predicted molar refractivity (Wildman–Crippen MR) is 102 cm³/mol. The number of benzene rings is 2. The number of methoxy groups -OCH3 is 2. The molecule has 1 aliphatic rings. The van der Waals surface area contributed by atoms with Gasteiger partial charge in [0.2, 0.25) is 0 Å². The van der Waals surface area contributed by atoms with Crippen LogP contribution in [0.5, 0.6) is 11.5 Å². The highest BCUT2D eigenvalue weighted by Crippen LogP contribution is 2.33. The molecule has 2 aromatic rings. The fraction of sp³-hybridized carbons (Fsp3) is 0.350. The Bertz CT molecular complexity index is 984. The van der Waals surface area contributed by atoms with Gasteiger partial charge in [0.25, 0.3) is 5.91 Å². The van der Waals surface area contributed by atoms with Crippen LogP contribution in [0.2, 0.25) is 0 Å². The van der Waals surface area contributed by atoms with Gasteiger partial charge >= 0.3 is 0 Å². The van der Waals surface area contributed by atoms with Gasteiger partial charge in [-0.3, -0.25) is 4.79 Å². The molecule has 2 aromatic carbocycles. The molecule has 27 heavy (non-hydrogen) atoms. The molecule has 1 unspecified atom stereocenters. The molecule has 1 atom stereocenters. The zero-order valence-corrected chi connectivity index (χ0v) is 16.7. The van der Waals surface area contributed by atoms with E-state index in [2.05, 4.69) is 0 Å². The van der Waals surface area contributed by atoms with Crippen LogP contribution in [0.4, 0.5) is 0 Å². The lowest BCUT2D eigenvalue weighted by Gasteiger charge is -2.35. The summed E-state index contributed by atoms with van der Waals surface area (Å²) in [6.45, 7) is 2.53. The highest BCUT2D eigenvalue weighted by molar-refractivity contribution is 7.90. The maximum atomic E-state index is 13.1. The molecular formula is C20H23NO5S. The molecule has 1 aliphatic heterocycles. The topological polar surface area (TPSA) is 72.9 Å². The van der Waals surface area contributed by atoms with Gasteiger partial charge < -0.3 is 14.4 Å². The second-order valence-electron chi connectivity index (χ2n) is 6.63. The van der Waals surface area contributed by atoms with Gasteiger partial charge in [0, 0.05) is 18.4 Å². The van der Waals surface area contributed by atoms with Crippen molar-refractivity contribution in [2.45, 2.75) is 24.3 Å². The third-order valence-electron chi connectivity index (χ3n) is 4.96. The van der Waals surface area contributed by atoms with Crippen molar-refractivity contribution in [2.75, 3.05) is 27.0 Å². The van der Waals surface area contributed by atoms with Crippen LogP contribution in [-0.4, -0.2) is 46.2 Å². The lowest BCUT2D eigenvalue weighted by Crippen LogP contribution is -2.38. The standard InChI is InChI=1S/C20H23NO5S/c1-13-17-7-6-16(25-2)11-14(17)9-10-21(13)20(22)15-5-8-18(26-3)19(12-15)27(4,23)24/h5-8,11-13H,9-10H2,1-4H3. The van der Waals surface area contributed by atoms with Gasteiger partial charge in [-0.2, -0.15) is 0 Å². The number of carbonyl (C=O) groups is 1. The molecule has 0 saturated heterocycles. The Kier molecular flexibility index (Phi) is 5.15. The molecule has 7 heteroatoms. The number of ether oxygens (including phenoxy) is 2. The lowest BCUT2D eigenvalue weighted by atomic mass is 9.92. The quantitative estimate of drug-likeness (QED) is 0.804. The summed E-state index contributed by atoms with van der Waals surface area (Å²) in [6, 6.07) is 10.3. The van der Waals surface area contributed by atoms with E-state index < -0.39 is 9.84 Å². The molecule has 1 amide bonds. The van der Waals surface area contributed by atoms with E-state index in [1.807, 2.05) is 25.1 Å². The molecule has 0 saturated carbocycles. The van der Waals surface area contributed by atoms with Gasteiger partial charge in [0.05, 0.1) is 20.3 Å². The summed E-state index contributed by atoms with van der Waals surface area (Å²) in [5, 5.41) is 0. The van der Waals surface area contributed by atoms with E-state index in [4.69, 9.17) is 9.47 Å². The monoisotopic (exact) mass is 389 g/mol. The van der Waals surface area contributed by atoms with Crippen molar-refractivity contribution in [3.05, 3.63) is 53.1 Å². The zero-order chi connectivity index (χ0) is 19.8. The summed E-state index contributed by atoms with van der Waals surface area (Å²) in [5.74, 6) is 0.836. The Morgan fingerprint density at radius 2 is 1.85 bits per heavy atom. The number of amides is 1. The van der Waals surface area contributed by atoms with Crippen LogP contribution >= 0.6 is 0 Å². The zero-order valence-electron chi connectivity index (χ0n) is 15.9. The molecule has 0 radical (unpaired) electrons. The first-order valence-electron chi connectivity index (χ1n) is 8.62. The first kappa shape index (κ1) is 19.2. The van der Waals surface area contributed by atoms with Crippen molar-refractivity contribution < 1.29 is 22.7 Å². The predicted octanol–water partition coefficient (Wildman–Crippen LogP) is 2.87. The first-order valence-corrected chi connectivity index (χ1v) is 10.5. The second-order valence-corrected chi connectivity index (χ2v) is 8.61. The van der Waals surface area contributed by atoms with Crippen molar-refractivity contribution in [1.82, 2.24) is 4.90 Å². The molecule has 0 aromatic heterocycles. The van der Waals surface area contributed by atoms with Gasteiger partial charge in [-0.15, -0.1) is 0 Å². The van der Waals surface area contributed by atoms with E-state index in [1.165, 1.54) is 19.2 Å². The molecule has 0 N–H and O–H groups in total. The van der Waals surface area contributed by atoms with E-state index in [-0.39, 0.29) is 22.6 Å². The molecule has 1 heterocycles. The summed E-state index contributed by atoms with van der Waals surface area (Å²) in [5.41, 5.74) is 2.57. The Morgan fingerprint density at radius 1 is 1.11 bits per heavy atom. The number of hydrogen-bond donors (Lipinski definition) is 0. The van der Waals surface area contributed by atoms with Gasteiger partial charge in [-0.25, -0.2) is 8.42 Å². The molecular weight excluding hydrogens is 366 g/mol. The van der Waals surface area contributed by atoms with Crippen LogP contribution in [-0.2, 0) is 16.3 Å². The molecule has 0 spiro atoms. The SMILES string of the molecule is COc1ccc2c(c1)CCN(C(=O)c1ccc(OC)c(S(C)(=O)=O)c1)C2C. The van der Waals surface area contributed by atoms with Gasteiger partial charge in [0.15, 0.2) is 9.84 Å². The molecule has 6 nitrogen and oxygen atoms in total. The summed E-state index contributed by atoms with van der Waals surface area (Å²) in [7, 11) is -0.474. The molecule has 3 rings (SSSR count). The van der Waals surface area contributed by atoms with E-state index in [0.29, 0.717) is 12.1 Å². The summed E-state index contributed by atoms with van der Waals surface area (Å²) in [4.78, 5) is 14.9. The minimum atomic E-state index is -3.51. The minimum Gasteiger partial charge on any atom is -0.497 e. The van der Waals surface area contributed by atoms with Crippen LogP contribution in [0.25, 0.3) is 0 Å². The fourth-order valence-electron chi connectivity index (χ4n) is 3.48. The Labute approximate surface area is 159 Å². The molecule has 0 fully saturated rings. The lowest BCUT2D eigenvalue weighted by molar-refractivity contribution is 0.0677. The molecule has 0 bridgehead atoms. The summed E-state index contributed by atoms with van der Waals surface area (Å²) in [6.07, 6.45) is 1.82. The first-order chi connectivity index (χ1) is 12.8.